The molecule has 3 rings (SSSR count). The van der Waals surface area contributed by atoms with Gasteiger partial charge in [0.2, 0.25) is 0 Å². The largest absolute Gasteiger partial charge is 0.229 e. The van der Waals surface area contributed by atoms with Crippen molar-refractivity contribution in [1.82, 2.24) is 0 Å². The summed E-state index contributed by atoms with van der Waals surface area (Å²) in [4.78, 5) is 4.23. The number of rotatable bonds is 1. The zero-order valence-corrected chi connectivity index (χ0v) is 7.18. The molecule has 0 aliphatic heterocycles. The van der Waals surface area contributed by atoms with Crippen LogP contribution in [0, 0.1) is 23.7 Å². The lowest BCUT2D eigenvalue weighted by atomic mass is 10.0. The van der Waals surface area contributed by atoms with Gasteiger partial charge in [0, 0.05) is 0 Å². The van der Waals surface area contributed by atoms with Crippen LogP contribution in [0.25, 0.3) is 0 Å². The molecule has 0 saturated heterocycles. The lowest BCUT2D eigenvalue weighted by molar-refractivity contribution is 0.456. The third-order valence-electron chi connectivity index (χ3n) is 3.90. The lowest BCUT2D eigenvalue weighted by Gasteiger charge is -2.03. The van der Waals surface area contributed by atoms with E-state index in [-0.39, 0.29) is 0 Å². The topological polar surface area (TPSA) is 12.4 Å². The number of thiocarbonyl (C=S) groups is 1. The Labute approximate surface area is 71.9 Å². The van der Waals surface area contributed by atoms with Gasteiger partial charge in [0.05, 0.1) is 11.2 Å². The summed E-state index contributed by atoms with van der Waals surface area (Å²) in [7, 11) is 0. The smallest absolute Gasteiger partial charge is 0.0671 e. The minimum atomic E-state index is 0.610. The molecule has 0 N–H and O–H groups in total. The second kappa shape index (κ2) is 1.94. The van der Waals surface area contributed by atoms with Gasteiger partial charge in [0.15, 0.2) is 0 Å². The molecule has 0 spiro atoms. The molecule has 0 aromatic rings. The van der Waals surface area contributed by atoms with E-state index >= 15 is 0 Å². The molecular weight excluding hydrogens is 154 g/mol. The molecule has 4 unspecified atom stereocenters. The Bertz CT molecular complexity index is 228. The fourth-order valence-corrected chi connectivity index (χ4v) is 3.63. The number of aliphatic imine (C=N–C) groups is 1. The first kappa shape index (κ1) is 6.33. The maximum absolute atomic E-state index is 4.63. The van der Waals surface area contributed by atoms with Crippen LogP contribution in [0.1, 0.15) is 19.3 Å². The summed E-state index contributed by atoms with van der Waals surface area (Å²) < 4.78 is 0. The van der Waals surface area contributed by atoms with Crippen LogP contribution >= 0.6 is 12.2 Å². The Kier molecular flexibility index (Phi) is 1.11. The molecule has 3 fully saturated rings. The van der Waals surface area contributed by atoms with Crippen LogP contribution in [0.2, 0.25) is 0 Å². The van der Waals surface area contributed by atoms with E-state index in [0.717, 1.165) is 23.7 Å². The predicted octanol–water partition coefficient (Wildman–Crippen LogP) is 2.13. The number of hydrogen-bond donors (Lipinski definition) is 0. The van der Waals surface area contributed by atoms with Gasteiger partial charge in [0.1, 0.15) is 0 Å². The minimum Gasteiger partial charge on any atom is -0.229 e. The van der Waals surface area contributed by atoms with Gasteiger partial charge in [-0.25, -0.2) is 4.99 Å². The molecule has 2 heteroatoms. The van der Waals surface area contributed by atoms with Crippen molar-refractivity contribution in [3.63, 3.8) is 0 Å². The third-order valence-corrected chi connectivity index (χ3v) is 4.00. The molecule has 2 bridgehead atoms. The summed E-state index contributed by atoms with van der Waals surface area (Å²) in [6.45, 7) is 0. The summed E-state index contributed by atoms with van der Waals surface area (Å²) in [6.07, 6.45) is 4.43. The van der Waals surface area contributed by atoms with Crippen molar-refractivity contribution < 1.29 is 0 Å². The van der Waals surface area contributed by atoms with Gasteiger partial charge in [-0.05, 0) is 55.2 Å². The summed E-state index contributed by atoms with van der Waals surface area (Å²) in [5, 5.41) is 2.54. The monoisotopic (exact) mass is 165 g/mol. The standard InChI is InChI=1S/C9H11NS/c11-4-10-9-7-5-1-2-6(3-5)8(7)9/h5-9H,1-3H2. The highest BCUT2D eigenvalue weighted by Crippen LogP contribution is 2.66. The molecule has 11 heavy (non-hydrogen) atoms. The van der Waals surface area contributed by atoms with Crippen molar-refractivity contribution in [1.29, 1.82) is 0 Å². The van der Waals surface area contributed by atoms with Crippen molar-refractivity contribution in [2.45, 2.75) is 25.3 Å². The van der Waals surface area contributed by atoms with Gasteiger partial charge < -0.3 is 0 Å². The molecule has 1 nitrogen and oxygen atoms in total. The predicted molar refractivity (Wildman–Crippen MR) is 46.6 cm³/mol. The first-order valence-electron chi connectivity index (χ1n) is 4.49. The molecule has 0 radical (unpaired) electrons. The van der Waals surface area contributed by atoms with E-state index < -0.39 is 0 Å². The van der Waals surface area contributed by atoms with Crippen LogP contribution < -0.4 is 0 Å². The third kappa shape index (κ3) is 0.671. The molecule has 0 aromatic heterocycles. The Morgan fingerprint density at radius 3 is 2.36 bits per heavy atom. The van der Waals surface area contributed by atoms with Gasteiger partial charge in [-0.3, -0.25) is 0 Å². The Morgan fingerprint density at radius 2 is 1.82 bits per heavy atom. The molecule has 3 aliphatic carbocycles. The van der Waals surface area contributed by atoms with E-state index in [1.165, 1.54) is 19.3 Å². The second-order valence-corrected chi connectivity index (χ2v) is 4.38. The van der Waals surface area contributed by atoms with Crippen LogP contribution in [-0.4, -0.2) is 11.2 Å². The highest BCUT2D eigenvalue weighted by Gasteiger charge is 2.65. The first-order chi connectivity index (χ1) is 5.42. The molecule has 0 amide bonds. The first-order valence-corrected chi connectivity index (χ1v) is 4.89. The van der Waals surface area contributed by atoms with E-state index in [2.05, 4.69) is 22.4 Å². The van der Waals surface area contributed by atoms with Crippen molar-refractivity contribution in [3.8, 4) is 0 Å². The van der Waals surface area contributed by atoms with Crippen molar-refractivity contribution in [2.75, 3.05) is 0 Å². The molecule has 4 atom stereocenters. The van der Waals surface area contributed by atoms with Crippen molar-refractivity contribution in [2.24, 2.45) is 28.7 Å². The summed E-state index contributed by atoms with van der Waals surface area (Å²) in [5.74, 6) is 3.90. The maximum atomic E-state index is 4.63. The van der Waals surface area contributed by atoms with Gasteiger partial charge >= 0.3 is 0 Å². The number of fused-ring (bicyclic) bond motifs is 5. The summed E-state index contributed by atoms with van der Waals surface area (Å²) in [5.41, 5.74) is 0. The zero-order chi connectivity index (χ0) is 7.42. The van der Waals surface area contributed by atoms with Crippen LogP contribution in [0.5, 0.6) is 0 Å². The summed E-state index contributed by atoms with van der Waals surface area (Å²) in [6, 6.07) is 0.610. The van der Waals surface area contributed by atoms with E-state index in [9.17, 15) is 0 Å². The average Bonchev–Trinajstić information content (AvgIpc) is 2.43. The summed E-state index contributed by atoms with van der Waals surface area (Å²) >= 11 is 4.63. The van der Waals surface area contributed by atoms with E-state index in [1.807, 2.05) is 0 Å². The van der Waals surface area contributed by atoms with Gasteiger partial charge in [-0.15, -0.1) is 0 Å². The van der Waals surface area contributed by atoms with Gasteiger partial charge in [-0.2, -0.15) is 0 Å². The lowest BCUT2D eigenvalue weighted by Crippen LogP contribution is -1.99. The number of nitrogens with zero attached hydrogens (tertiary/aromatic N) is 1. The van der Waals surface area contributed by atoms with Crippen molar-refractivity contribution >= 4 is 17.4 Å². The molecule has 3 aliphatic rings. The quantitative estimate of drug-likeness (QED) is 0.428. The molecule has 0 aromatic carbocycles. The highest BCUT2D eigenvalue weighted by atomic mass is 32.1. The van der Waals surface area contributed by atoms with Crippen molar-refractivity contribution in [3.05, 3.63) is 0 Å². The van der Waals surface area contributed by atoms with E-state index in [4.69, 9.17) is 0 Å². The van der Waals surface area contributed by atoms with Crippen LogP contribution in [0.15, 0.2) is 4.99 Å². The highest BCUT2D eigenvalue weighted by molar-refractivity contribution is 7.78. The van der Waals surface area contributed by atoms with Gasteiger partial charge in [0.25, 0.3) is 0 Å². The van der Waals surface area contributed by atoms with E-state index in [1.54, 1.807) is 0 Å². The normalized spacial score (nSPS) is 56.9. The molecule has 58 valence electrons. The Balaban J connectivity index is 1.86. The fraction of sp³-hybridized carbons (Fsp3) is 0.889. The van der Waals surface area contributed by atoms with Crippen LogP contribution in [0.3, 0.4) is 0 Å². The minimum absolute atomic E-state index is 0.610. The Morgan fingerprint density at radius 1 is 1.18 bits per heavy atom. The average molecular weight is 165 g/mol. The van der Waals surface area contributed by atoms with E-state index in [0.29, 0.717) is 6.04 Å². The Hall–Kier alpha value is -0.200. The van der Waals surface area contributed by atoms with Gasteiger partial charge in [-0.1, -0.05) is 0 Å². The van der Waals surface area contributed by atoms with Crippen LogP contribution in [0.4, 0.5) is 0 Å². The fourth-order valence-electron chi connectivity index (χ4n) is 3.51. The molecule has 3 saturated carbocycles. The van der Waals surface area contributed by atoms with Crippen LogP contribution in [-0.2, 0) is 0 Å². The molecule has 0 heterocycles. The second-order valence-electron chi connectivity index (χ2n) is 4.20. The number of isothiocyanates is 1. The molecular formula is C9H11NS. The number of hydrogen-bond acceptors (Lipinski definition) is 2. The zero-order valence-electron chi connectivity index (χ0n) is 6.36. The maximum Gasteiger partial charge on any atom is 0.0671 e. The SMILES string of the molecule is S=C=NC1C2C3CCC(C3)C12.